The molecule has 0 aromatic carbocycles. The fraction of sp³-hybridized carbons (Fsp3) is 1.00. The third-order valence-corrected chi connectivity index (χ3v) is 6.69. The minimum atomic E-state index is -7.70. The number of rotatable bonds is 0. The zero-order valence-corrected chi connectivity index (χ0v) is 12.6. The molecule has 0 N–H and O–H groups in total. The third kappa shape index (κ3) is 1.02. The zero-order valence-electron chi connectivity index (χ0n) is 11.0. The van der Waals surface area contributed by atoms with Crippen LogP contribution in [0.4, 0.5) is 65.9 Å². The van der Waals surface area contributed by atoms with Crippen LogP contribution in [0.3, 0.4) is 0 Å². The first kappa shape index (κ1) is 20.2. The smallest absolute Gasteiger partial charge is 0.223 e. The second kappa shape index (κ2) is 3.80. The van der Waals surface area contributed by atoms with Crippen molar-refractivity contribution in [2.45, 2.75) is 56.9 Å². The first-order chi connectivity index (χ1) is 11.0. The van der Waals surface area contributed by atoms with Crippen molar-refractivity contribution in [2.24, 2.45) is 0 Å². The molecule has 152 valence electrons. The van der Waals surface area contributed by atoms with Crippen molar-refractivity contribution in [2.75, 3.05) is 0 Å². The third-order valence-electron chi connectivity index (χ3n) is 5.19. The van der Waals surface area contributed by atoms with Crippen LogP contribution >= 0.6 is 15.9 Å². The van der Waals surface area contributed by atoms with E-state index in [1.165, 1.54) is 0 Å². The molecule has 0 amide bonds. The van der Waals surface area contributed by atoms with E-state index in [2.05, 4.69) is 0 Å². The molecule has 4 aliphatic rings. The minimum absolute atomic E-state index is 0.612. The van der Waals surface area contributed by atoms with Gasteiger partial charge >= 0.3 is 52.5 Å². The Hall–Kier alpha value is -0.570. The molecule has 4 bridgehead atoms. The summed E-state index contributed by atoms with van der Waals surface area (Å²) in [6.45, 7) is 0. The second-order valence-corrected chi connectivity index (χ2v) is 7.27. The van der Waals surface area contributed by atoms with Gasteiger partial charge in [0.25, 0.3) is 0 Å². The van der Waals surface area contributed by atoms with Gasteiger partial charge in [0.15, 0.2) is 0 Å². The molecule has 0 heterocycles. The first-order valence-electron chi connectivity index (χ1n) is 6.02. The summed E-state index contributed by atoms with van der Waals surface area (Å²) in [5, 5.41) is 0. The van der Waals surface area contributed by atoms with Gasteiger partial charge in [0.05, 0.1) is 0 Å². The molecule has 16 heteroatoms. The SMILES string of the molecule is FC1(F)C2(F)C(F)(F)C3(F)C(F)(F)C1(F)C(F)(F)C(Br)(C2(F)F)C3(F)F. The summed E-state index contributed by atoms with van der Waals surface area (Å²) in [5.41, 5.74) is -22.5. The van der Waals surface area contributed by atoms with E-state index < -0.39 is 56.9 Å². The number of hydrogen-bond acceptors (Lipinski definition) is 0. The summed E-state index contributed by atoms with van der Waals surface area (Å²) in [6, 6.07) is 0. The first-order valence-corrected chi connectivity index (χ1v) is 6.82. The van der Waals surface area contributed by atoms with Gasteiger partial charge in [-0.15, -0.1) is 0 Å². The Morgan fingerprint density at radius 1 is 0.308 bits per heavy atom. The average molecular weight is 485 g/mol. The highest BCUT2D eigenvalue weighted by molar-refractivity contribution is 9.10. The van der Waals surface area contributed by atoms with Crippen LogP contribution in [0.15, 0.2) is 0 Å². The van der Waals surface area contributed by atoms with Gasteiger partial charge in [-0.3, -0.25) is 0 Å². The Bertz CT molecular complexity index is 512. The van der Waals surface area contributed by atoms with Crippen molar-refractivity contribution < 1.29 is 65.9 Å². The molecule has 4 aliphatic carbocycles. The number of hydrogen-bond donors (Lipinski definition) is 0. The predicted molar refractivity (Wildman–Crippen MR) is 52.9 cm³/mol. The lowest BCUT2D eigenvalue weighted by molar-refractivity contribution is -0.578. The van der Waals surface area contributed by atoms with Gasteiger partial charge in [-0.1, -0.05) is 15.9 Å². The van der Waals surface area contributed by atoms with Crippen LogP contribution in [0.5, 0.6) is 0 Å². The van der Waals surface area contributed by atoms with Crippen LogP contribution in [0.25, 0.3) is 0 Å². The molecule has 0 spiro atoms. The number of halogens is 16. The average Bonchev–Trinajstić information content (AvgIpc) is 2.46. The molecule has 0 aromatic heterocycles. The van der Waals surface area contributed by atoms with Gasteiger partial charge in [0.1, 0.15) is 0 Å². The van der Waals surface area contributed by atoms with E-state index in [0.717, 1.165) is 0 Å². The molecular weight excluding hydrogens is 485 g/mol. The van der Waals surface area contributed by atoms with E-state index in [0.29, 0.717) is 15.9 Å². The maximum atomic E-state index is 14.2. The standard InChI is InChI=1S/C10BrF15/c11-1-5(15,16)2(12)8(21,22)3(13,6(1,17)18)10(25,26)4(14,7(1,19)20)9(2,23)24. The molecule has 4 fully saturated rings. The van der Waals surface area contributed by atoms with Gasteiger partial charge in [-0.25, -0.2) is 39.5 Å². The molecule has 0 nitrogen and oxygen atoms in total. The van der Waals surface area contributed by atoms with E-state index >= 15 is 0 Å². The summed E-state index contributed by atoms with van der Waals surface area (Å²) in [5.74, 6) is -45.1. The zero-order chi connectivity index (χ0) is 21.0. The molecular formula is C10BrF15. The fourth-order valence-corrected chi connectivity index (χ4v) is 4.61. The summed E-state index contributed by atoms with van der Waals surface area (Å²) >= 11 is 0.612. The Balaban J connectivity index is 2.71. The highest BCUT2D eigenvalue weighted by atomic mass is 79.9. The van der Waals surface area contributed by atoms with Gasteiger partial charge in [-0.05, 0) is 0 Å². The van der Waals surface area contributed by atoms with Crippen LogP contribution in [0.1, 0.15) is 0 Å². The van der Waals surface area contributed by atoms with Crippen molar-refractivity contribution in [1.82, 2.24) is 0 Å². The molecule has 0 saturated heterocycles. The predicted octanol–water partition coefficient (Wildman–Crippen LogP) is 5.10. The molecule has 26 heavy (non-hydrogen) atoms. The molecule has 0 unspecified atom stereocenters. The summed E-state index contributed by atoms with van der Waals surface area (Å²) in [4.78, 5) is 0. The van der Waals surface area contributed by atoms with Crippen LogP contribution in [-0.4, -0.2) is 56.9 Å². The number of alkyl halides is 16. The Kier molecular flexibility index (Phi) is 2.95. The largest absolute Gasteiger partial charge is 0.339 e. The van der Waals surface area contributed by atoms with Crippen molar-refractivity contribution in [1.29, 1.82) is 0 Å². The van der Waals surface area contributed by atoms with Crippen LogP contribution in [0, 0.1) is 0 Å². The lowest BCUT2D eigenvalue weighted by Crippen LogP contribution is -3.08. The molecule has 0 aliphatic heterocycles. The van der Waals surface area contributed by atoms with Crippen molar-refractivity contribution in [3.05, 3.63) is 0 Å². The van der Waals surface area contributed by atoms with Gasteiger partial charge in [0.2, 0.25) is 4.32 Å². The van der Waals surface area contributed by atoms with Crippen molar-refractivity contribution >= 4 is 15.9 Å². The minimum Gasteiger partial charge on any atom is -0.223 e. The summed E-state index contributed by atoms with van der Waals surface area (Å²) < 4.78 is 202. The van der Waals surface area contributed by atoms with Crippen LogP contribution in [-0.2, 0) is 0 Å². The Morgan fingerprint density at radius 3 is 0.615 bits per heavy atom. The van der Waals surface area contributed by atoms with Crippen molar-refractivity contribution in [3.8, 4) is 0 Å². The highest BCUT2D eigenvalue weighted by Gasteiger charge is 3.22. The highest BCUT2D eigenvalue weighted by Crippen LogP contribution is 2.89. The summed E-state index contributed by atoms with van der Waals surface area (Å²) in [7, 11) is 0. The normalized spacial score (nSPS) is 53.5. The molecule has 0 radical (unpaired) electrons. The quantitative estimate of drug-likeness (QED) is 0.331. The maximum absolute atomic E-state index is 14.2. The lowest BCUT2D eigenvalue weighted by Gasteiger charge is -2.74. The molecule has 0 aromatic rings. The van der Waals surface area contributed by atoms with Gasteiger partial charge < -0.3 is 0 Å². The van der Waals surface area contributed by atoms with Crippen LogP contribution < -0.4 is 0 Å². The Labute approximate surface area is 139 Å². The maximum Gasteiger partial charge on any atom is 0.339 e. The van der Waals surface area contributed by atoms with E-state index in [1.807, 2.05) is 0 Å². The van der Waals surface area contributed by atoms with E-state index in [-0.39, 0.29) is 0 Å². The lowest BCUT2D eigenvalue weighted by atomic mass is 9.42. The van der Waals surface area contributed by atoms with Crippen molar-refractivity contribution in [3.63, 3.8) is 0 Å². The summed E-state index contributed by atoms with van der Waals surface area (Å²) in [6.07, 6.45) is 0. The monoisotopic (exact) mass is 484 g/mol. The topological polar surface area (TPSA) is 0 Å². The van der Waals surface area contributed by atoms with Crippen LogP contribution in [0.2, 0.25) is 0 Å². The fourth-order valence-electron chi connectivity index (χ4n) is 3.79. The van der Waals surface area contributed by atoms with E-state index in [4.69, 9.17) is 0 Å². The van der Waals surface area contributed by atoms with Gasteiger partial charge in [-0.2, -0.15) is 26.3 Å². The van der Waals surface area contributed by atoms with E-state index in [9.17, 15) is 65.9 Å². The molecule has 0 atom stereocenters. The molecule has 4 rings (SSSR count). The van der Waals surface area contributed by atoms with Gasteiger partial charge in [0, 0.05) is 0 Å². The second-order valence-electron chi connectivity index (χ2n) is 6.08. The molecule has 4 saturated carbocycles. The van der Waals surface area contributed by atoms with E-state index in [1.54, 1.807) is 0 Å². The Morgan fingerprint density at radius 2 is 0.462 bits per heavy atom.